The van der Waals surface area contributed by atoms with E-state index in [1.807, 2.05) is 43.3 Å². The van der Waals surface area contributed by atoms with E-state index in [0.29, 0.717) is 4.90 Å². The van der Waals surface area contributed by atoms with Crippen LogP contribution < -0.4 is 5.73 Å². The van der Waals surface area contributed by atoms with Gasteiger partial charge in [0.1, 0.15) is 0 Å². The van der Waals surface area contributed by atoms with Crippen LogP contribution in [0.2, 0.25) is 0 Å². The van der Waals surface area contributed by atoms with Crippen molar-refractivity contribution in [1.82, 2.24) is 0 Å². The summed E-state index contributed by atoms with van der Waals surface area (Å²) in [5.41, 5.74) is 8.44. The van der Waals surface area contributed by atoms with E-state index in [9.17, 15) is 8.42 Å². The summed E-state index contributed by atoms with van der Waals surface area (Å²) >= 11 is 0. The number of benzene rings is 2. The molecule has 0 saturated heterocycles. The van der Waals surface area contributed by atoms with Crippen LogP contribution in [0.15, 0.2) is 53.4 Å². The summed E-state index contributed by atoms with van der Waals surface area (Å²) in [6.07, 6.45) is 1.22. The maximum absolute atomic E-state index is 11.8. The molecule has 0 aromatic heterocycles. The van der Waals surface area contributed by atoms with Gasteiger partial charge in [0.15, 0.2) is 9.84 Å². The Kier molecular flexibility index (Phi) is 3.73. The summed E-state index contributed by atoms with van der Waals surface area (Å²) in [5.74, 6) is 0. The van der Waals surface area contributed by atoms with Gasteiger partial charge in [-0.25, -0.2) is 8.42 Å². The zero-order chi connectivity index (χ0) is 14.0. The second-order valence-corrected chi connectivity index (χ2v) is 6.66. The largest absolute Gasteiger partial charge is 0.324 e. The Labute approximate surface area is 114 Å². The Hall–Kier alpha value is -1.65. The van der Waals surface area contributed by atoms with Crippen LogP contribution in [-0.2, 0) is 9.84 Å². The molecule has 0 aliphatic rings. The summed E-state index contributed by atoms with van der Waals surface area (Å²) in [6.45, 7) is 1.92. The zero-order valence-corrected chi connectivity index (χ0v) is 11.8. The second-order valence-electron chi connectivity index (χ2n) is 4.68. The Morgan fingerprint density at radius 3 is 2.11 bits per heavy atom. The van der Waals surface area contributed by atoms with Gasteiger partial charge in [0, 0.05) is 17.9 Å². The average Bonchev–Trinajstić information content (AvgIpc) is 2.38. The van der Waals surface area contributed by atoms with E-state index in [0.717, 1.165) is 16.7 Å². The Morgan fingerprint density at radius 2 is 1.58 bits per heavy atom. The van der Waals surface area contributed by atoms with E-state index in [2.05, 4.69) is 0 Å². The molecule has 0 amide bonds. The summed E-state index contributed by atoms with van der Waals surface area (Å²) < 4.78 is 23.6. The van der Waals surface area contributed by atoms with Crippen molar-refractivity contribution in [1.29, 1.82) is 0 Å². The molecule has 0 radical (unpaired) electrons. The normalized spacial score (nSPS) is 13.2. The number of rotatable bonds is 3. The van der Waals surface area contributed by atoms with Crippen molar-refractivity contribution in [3.05, 3.63) is 54.1 Å². The van der Waals surface area contributed by atoms with Gasteiger partial charge in [-0.1, -0.05) is 42.5 Å². The molecule has 0 spiro atoms. The summed E-state index contributed by atoms with van der Waals surface area (Å²) in [6, 6.07) is 14.7. The Morgan fingerprint density at radius 1 is 1.00 bits per heavy atom. The quantitative estimate of drug-likeness (QED) is 0.937. The van der Waals surface area contributed by atoms with Crippen molar-refractivity contribution in [2.45, 2.75) is 17.9 Å². The average molecular weight is 275 g/mol. The summed E-state index contributed by atoms with van der Waals surface area (Å²) in [5, 5.41) is 0. The van der Waals surface area contributed by atoms with Crippen LogP contribution >= 0.6 is 0 Å². The molecule has 1 atom stereocenters. The van der Waals surface area contributed by atoms with Gasteiger partial charge in [-0.15, -0.1) is 0 Å². The number of hydrogen-bond donors (Lipinski definition) is 1. The van der Waals surface area contributed by atoms with Crippen LogP contribution in [0.1, 0.15) is 18.5 Å². The molecule has 0 heterocycles. The number of sulfone groups is 1. The van der Waals surface area contributed by atoms with Gasteiger partial charge < -0.3 is 5.73 Å². The molecule has 0 saturated carbocycles. The zero-order valence-electron chi connectivity index (χ0n) is 11.0. The third kappa shape index (κ3) is 3.03. The van der Waals surface area contributed by atoms with Gasteiger partial charge >= 0.3 is 0 Å². The molecule has 2 rings (SSSR count). The van der Waals surface area contributed by atoms with E-state index in [1.54, 1.807) is 12.1 Å². The SMILES string of the molecule is CC(N)c1ccc(-c2ccccc2S(C)(=O)=O)cc1. The van der Waals surface area contributed by atoms with Gasteiger partial charge in [0.2, 0.25) is 0 Å². The highest BCUT2D eigenvalue weighted by molar-refractivity contribution is 7.90. The third-order valence-corrected chi connectivity index (χ3v) is 4.19. The lowest BCUT2D eigenvalue weighted by Gasteiger charge is -2.10. The fraction of sp³-hybridized carbons (Fsp3) is 0.200. The highest BCUT2D eigenvalue weighted by Gasteiger charge is 2.13. The van der Waals surface area contributed by atoms with E-state index in [-0.39, 0.29) is 6.04 Å². The first kappa shape index (κ1) is 13.8. The van der Waals surface area contributed by atoms with Crippen LogP contribution in [0.5, 0.6) is 0 Å². The molecule has 100 valence electrons. The van der Waals surface area contributed by atoms with Gasteiger partial charge in [-0.05, 0) is 24.1 Å². The number of nitrogens with two attached hydrogens (primary N) is 1. The maximum atomic E-state index is 11.8. The minimum Gasteiger partial charge on any atom is -0.324 e. The molecular weight excluding hydrogens is 258 g/mol. The van der Waals surface area contributed by atoms with E-state index in [1.165, 1.54) is 6.26 Å². The van der Waals surface area contributed by atoms with Crippen LogP contribution in [0.25, 0.3) is 11.1 Å². The van der Waals surface area contributed by atoms with Crippen LogP contribution in [-0.4, -0.2) is 14.7 Å². The van der Waals surface area contributed by atoms with Crippen molar-refractivity contribution in [2.75, 3.05) is 6.26 Å². The minimum atomic E-state index is -3.23. The molecule has 0 aliphatic carbocycles. The monoisotopic (exact) mass is 275 g/mol. The molecule has 2 aromatic carbocycles. The van der Waals surface area contributed by atoms with E-state index >= 15 is 0 Å². The van der Waals surface area contributed by atoms with Gasteiger partial charge in [-0.2, -0.15) is 0 Å². The maximum Gasteiger partial charge on any atom is 0.176 e. The molecule has 0 aliphatic heterocycles. The van der Waals surface area contributed by atoms with Crippen molar-refractivity contribution < 1.29 is 8.42 Å². The van der Waals surface area contributed by atoms with Crippen molar-refractivity contribution in [3.8, 4) is 11.1 Å². The first-order valence-electron chi connectivity index (χ1n) is 6.04. The summed E-state index contributed by atoms with van der Waals surface area (Å²) in [4.78, 5) is 0.351. The second kappa shape index (κ2) is 5.15. The van der Waals surface area contributed by atoms with E-state index in [4.69, 9.17) is 5.73 Å². The van der Waals surface area contributed by atoms with Gasteiger partial charge in [-0.3, -0.25) is 0 Å². The molecular formula is C15H17NO2S. The molecule has 3 nitrogen and oxygen atoms in total. The lowest BCUT2D eigenvalue weighted by atomic mass is 10.0. The molecule has 0 bridgehead atoms. The lowest BCUT2D eigenvalue weighted by Crippen LogP contribution is -2.04. The van der Waals surface area contributed by atoms with E-state index < -0.39 is 9.84 Å². The van der Waals surface area contributed by atoms with Crippen LogP contribution in [0.3, 0.4) is 0 Å². The van der Waals surface area contributed by atoms with Crippen LogP contribution in [0, 0.1) is 0 Å². The lowest BCUT2D eigenvalue weighted by molar-refractivity contribution is 0.602. The molecule has 2 aromatic rings. The predicted octanol–water partition coefficient (Wildman–Crippen LogP) is 2.78. The highest BCUT2D eigenvalue weighted by Crippen LogP contribution is 2.27. The fourth-order valence-corrected chi connectivity index (χ4v) is 2.91. The molecule has 4 heteroatoms. The standard InChI is InChI=1S/C15H17NO2S/c1-11(16)12-7-9-13(10-8-12)14-5-3-4-6-15(14)19(2,17)18/h3-11H,16H2,1-2H3. The van der Waals surface area contributed by atoms with Crippen LogP contribution in [0.4, 0.5) is 0 Å². The first-order chi connectivity index (χ1) is 8.89. The van der Waals surface area contributed by atoms with Crippen molar-refractivity contribution >= 4 is 9.84 Å². The topological polar surface area (TPSA) is 60.2 Å². The Bertz CT molecular complexity index is 674. The van der Waals surface area contributed by atoms with Gasteiger partial charge in [0.05, 0.1) is 4.90 Å². The fourth-order valence-electron chi connectivity index (χ4n) is 1.99. The first-order valence-corrected chi connectivity index (χ1v) is 7.94. The minimum absolute atomic E-state index is 0.0285. The van der Waals surface area contributed by atoms with Crippen molar-refractivity contribution in [2.24, 2.45) is 5.73 Å². The van der Waals surface area contributed by atoms with Crippen molar-refractivity contribution in [3.63, 3.8) is 0 Å². The molecule has 2 N–H and O–H groups in total. The molecule has 1 unspecified atom stereocenters. The van der Waals surface area contributed by atoms with Gasteiger partial charge in [0.25, 0.3) is 0 Å². The number of hydrogen-bond acceptors (Lipinski definition) is 3. The molecule has 19 heavy (non-hydrogen) atoms. The Balaban J connectivity index is 2.54. The highest BCUT2D eigenvalue weighted by atomic mass is 32.2. The third-order valence-electron chi connectivity index (χ3n) is 3.03. The molecule has 0 fully saturated rings. The summed E-state index contributed by atoms with van der Waals surface area (Å²) in [7, 11) is -3.23. The smallest absolute Gasteiger partial charge is 0.176 e. The predicted molar refractivity (Wildman–Crippen MR) is 77.6 cm³/mol.